The molecule has 0 radical (unpaired) electrons. The second kappa shape index (κ2) is 9.29. The fourth-order valence-electron chi connectivity index (χ4n) is 3.90. The van der Waals surface area contributed by atoms with Crippen molar-refractivity contribution >= 4 is 23.5 Å². The Morgan fingerprint density at radius 3 is 2.45 bits per heavy atom. The van der Waals surface area contributed by atoms with Crippen LogP contribution in [0.2, 0.25) is 0 Å². The van der Waals surface area contributed by atoms with Crippen LogP contribution >= 0.6 is 0 Å². The summed E-state index contributed by atoms with van der Waals surface area (Å²) >= 11 is 0. The Morgan fingerprint density at radius 1 is 1.13 bits per heavy atom. The predicted octanol–water partition coefficient (Wildman–Crippen LogP) is 4.53. The molecule has 2 aromatic rings. The summed E-state index contributed by atoms with van der Waals surface area (Å²) in [6.45, 7) is 5.63. The van der Waals surface area contributed by atoms with Gasteiger partial charge < -0.3 is 10.6 Å². The smallest absolute Gasteiger partial charge is 0.324 e. The van der Waals surface area contributed by atoms with Crippen molar-refractivity contribution in [2.75, 3.05) is 11.9 Å². The van der Waals surface area contributed by atoms with Crippen LogP contribution in [-0.4, -0.2) is 29.3 Å². The summed E-state index contributed by atoms with van der Waals surface area (Å²) in [5, 5.41) is 5.59. The number of urea groups is 1. The summed E-state index contributed by atoms with van der Waals surface area (Å²) in [5.74, 6) is -1.17. The molecule has 3 rings (SSSR count). The largest absolute Gasteiger partial charge is 0.325 e. The number of nitrogens with zero attached hydrogens (tertiary/aromatic N) is 1. The van der Waals surface area contributed by atoms with Crippen LogP contribution in [0.3, 0.4) is 0 Å². The van der Waals surface area contributed by atoms with E-state index in [9.17, 15) is 18.8 Å². The zero-order chi connectivity index (χ0) is 22.6. The van der Waals surface area contributed by atoms with Crippen molar-refractivity contribution in [3.63, 3.8) is 0 Å². The van der Waals surface area contributed by atoms with Gasteiger partial charge >= 0.3 is 6.03 Å². The number of hydrogen-bond acceptors (Lipinski definition) is 3. The second-order valence-electron chi connectivity index (χ2n) is 8.13. The van der Waals surface area contributed by atoms with Gasteiger partial charge in [0, 0.05) is 5.69 Å². The first-order valence-corrected chi connectivity index (χ1v) is 10.6. The highest BCUT2D eigenvalue weighted by atomic mass is 19.1. The van der Waals surface area contributed by atoms with E-state index >= 15 is 0 Å². The zero-order valence-corrected chi connectivity index (χ0v) is 18.1. The first-order chi connectivity index (χ1) is 14.8. The Kier molecular flexibility index (Phi) is 6.73. The van der Waals surface area contributed by atoms with Gasteiger partial charge in [0.1, 0.15) is 17.9 Å². The molecule has 0 bridgehead atoms. The normalized spacial score (nSPS) is 18.4. The van der Waals surface area contributed by atoms with Crippen molar-refractivity contribution in [3.8, 4) is 0 Å². The third-order valence-corrected chi connectivity index (χ3v) is 5.58. The minimum absolute atomic E-state index is 0.202. The van der Waals surface area contributed by atoms with Crippen molar-refractivity contribution < 1.29 is 18.8 Å². The Hall–Kier alpha value is -3.22. The molecule has 1 unspecified atom stereocenters. The quantitative estimate of drug-likeness (QED) is 0.610. The monoisotopic (exact) mass is 425 g/mol. The molecule has 0 aromatic heterocycles. The molecule has 6 nitrogen and oxygen atoms in total. The molecule has 1 atom stereocenters. The van der Waals surface area contributed by atoms with E-state index in [-0.39, 0.29) is 5.92 Å². The molecule has 1 saturated heterocycles. The number of nitrogens with one attached hydrogen (secondary N) is 2. The van der Waals surface area contributed by atoms with E-state index in [2.05, 4.69) is 10.6 Å². The Balaban J connectivity index is 1.82. The molecule has 31 heavy (non-hydrogen) atoms. The van der Waals surface area contributed by atoms with Gasteiger partial charge in [0.15, 0.2) is 0 Å². The number of imide groups is 1. The highest BCUT2D eigenvalue weighted by Gasteiger charge is 2.52. The third kappa shape index (κ3) is 4.60. The van der Waals surface area contributed by atoms with Gasteiger partial charge in [-0.2, -0.15) is 0 Å². The van der Waals surface area contributed by atoms with E-state index in [0.29, 0.717) is 24.1 Å². The van der Waals surface area contributed by atoms with Crippen LogP contribution in [0.1, 0.15) is 57.1 Å². The van der Waals surface area contributed by atoms with Gasteiger partial charge in [-0.3, -0.25) is 14.5 Å². The van der Waals surface area contributed by atoms with Gasteiger partial charge in [-0.05, 0) is 41.7 Å². The lowest BCUT2D eigenvalue weighted by Gasteiger charge is -2.27. The SMILES string of the molecule is CCCCC1(c2ccc(F)cc2)NC(=O)N(CC(=O)Nc2ccccc2C(C)C)C1=O. The van der Waals surface area contributed by atoms with Crippen molar-refractivity contribution in [2.45, 2.75) is 51.5 Å². The second-order valence-corrected chi connectivity index (χ2v) is 8.13. The minimum atomic E-state index is -1.29. The van der Waals surface area contributed by atoms with Gasteiger partial charge in [0.25, 0.3) is 5.91 Å². The molecule has 1 aliphatic rings. The first kappa shape index (κ1) is 22.5. The van der Waals surface area contributed by atoms with Gasteiger partial charge in [-0.1, -0.05) is 63.9 Å². The number of para-hydroxylation sites is 1. The Morgan fingerprint density at radius 2 is 1.81 bits per heavy atom. The average Bonchev–Trinajstić information content (AvgIpc) is 2.98. The standard InChI is InChI=1S/C24H28FN3O3/c1-4-5-14-24(17-10-12-18(25)13-11-17)22(30)28(23(31)27-24)15-21(29)26-20-9-7-6-8-19(20)16(2)3/h6-13,16H,4-5,14-15H2,1-3H3,(H,26,29)(H,27,31). The van der Waals surface area contributed by atoms with E-state index in [1.54, 1.807) is 6.07 Å². The molecule has 1 aliphatic heterocycles. The molecule has 0 saturated carbocycles. The van der Waals surface area contributed by atoms with Crippen molar-refractivity contribution in [3.05, 3.63) is 65.5 Å². The first-order valence-electron chi connectivity index (χ1n) is 10.6. The summed E-state index contributed by atoms with van der Waals surface area (Å²) in [6, 6.07) is 12.4. The minimum Gasteiger partial charge on any atom is -0.324 e. The van der Waals surface area contributed by atoms with Crippen LogP contribution in [0.15, 0.2) is 48.5 Å². The maximum absolute atomic E-state index is 13.4. The molecular weight excluding hydrogens is 397 g/mol. The van der Waals surface area contributed by atoms with E-state index < -0.39 is 35.7 Å². The van der Waals surface area contributed by atoms with E-state index in [1.807, 2.05) is 39.0 Å². The van der Waals surface area contributed by atoms with Crippen LogP contribution in [0.25, 0.3) is 0 Å². The summed E-state index contributed by atoms with van der Waals surface area (Å²) in [4.78, 5) is 39.7. The number of carbonyl (C=O) groups excluding carboxylic acids is 3. The summed E-state index contributed by atoms with van der Waals surface area (Å²) in [5.41, 5.74) is 0.840. The van der Waals surface area contributed by atoms with Crippen molar-refractivity contribution in [1.29, 1.82) is 0 Å². The number of hydrogen-bond donors (Lipinski definition) is 2. The van der Waals surface area contributed by atoms with Crippen molar-refractivity contribution in [2.24, 2.45) is 0 Å². The van der Waals surface area contributed by atoms with Gasteiger partial charge in [-0.15, -0.1) is 0 Å². The molecule has 2 N–H and O–H groups in total. The van der Waals surface area contributed by atoms with Crippen LogP contribution in [-0.2, 0) is 15.1 Å². The van der Waals surface area contributed by atoms with Gasteiger partial charge in [0.05, 0.1) is 0 Å². The number of amides is 4. The van der Waals surface area contributed by atoms with E-state index in [1.165, 1.54) is 24.3 Å². The maximum atomic E-state index is 13.4. The zero-order valence-electron chi connectivity index (χ0n) is 18.1. The van der Waals surface area contributed by atoms with Crippen molar-refractivity contribution in [1.82, 2.24) is 10.2 Å². The van der Waals surface area contributed by atoms with Crippen LogP contribution in [0.4, 0.5) is 14.9 Å². The highest BCUT2D eigenvalue weighted by molar-refractivity contribution is 6.10. The Labute approximate surface area is 181 Å². The number of rotatable bonds is 8. The topological polar surface area (TPSA) is 78.5 Å². The average molecular weight is 426 g/mol. The number of halogens is 1. The lowest BCUT2D eigenvalue weighted by atomic mass is 9.85. The molecule has 0 aliphatic carbocycles. The molecule has 0 spiro atoms. The Bertz CT molecular complexity index is 974. The van der Waals surface area contributed by atoms with Crippen LogP contribution in [0.5, 0.6) is 0 Å². The number of anilines is 1. The number of carbonyl (C=O) groups is 3. The van der Waals surface area contributed by atoms with Crippen LogP contribution in [0, 0.1) is 5.82 Å². The molecule has 164 valence electrons. The van der Waals surface area contributed by atoms with Gasteiger partial charge in [0.2, 0.25) is 5.91 Å². The van der Waals surface area contributed by atoms with Crippen LogP contribution < -0.4 is 10.6 Å². The summed E-state index contributed by atoms with van der Waals surface area (Å²) in [7, 11) is 0. The van der Waals surface area contributed by atoms with Gasteiger partial charge in [-0.25, -0.2) is 9.18 Å². The number of benzene rings is 2. The fourth-order valence-corrected chi connectivity index (χ4v) is 3.90. The highest BCUT2D eigenvalue weighted by Crippen LogP contribution is 2.34. The third-order valence-electron chi connectivity index (χ3n) is 5.58. The maximum Gasteiger partial charge on any atom is 0.325 e. The predicted molar refractivity (Wildman–Crippen MR) is 117 cm³/mol. The molecule has 2 aromatic carbocycles. The van der Waals surface area contributed by atoms with E-state index in [0.717, 1.165) is 16.9 Å². The summed E-state index contributed by atoms with van der Waals surface area (Å²) < 4.78 is 13.4. The molecule has 1 fully saturated rings. The molecule has 4 amide bonds. The molecule has 7 heteroatoms. The molecular formula is C24H28FN3O3. The lowest BCUT2D eigenvalue weighted by molar-refractivity contribution is -0.134. The fraction of sp³-hybridized carbons (Fsp3) is 0.375. The summed E-state index contributed by atoms with van der Waals surface area (Å²) in [6.07, 6.45) is 1.87. The number of unbranched alkanes of at least 4 members (excludes halogenated alkanes) is 1. The van der Waals surface area contributed by atoms with E-state index in [4.69, 9.17) is 0 Å². The molecule has 1 heterocycles. The lowest BCUT2D eigenvalue weighted by Crippen LogP contribution is -2.44.